The number of ketones is 1. The molecule has 0 bridgehead atoms. The third-order valence-electron chi connectivity index (χ3n) is 2.05. The van der Waals surface area contributed by atoms with Crippen LogP contribution >= 0.6 is 22.9 Å². The van der Waals surface area contributed by atoms with Crippen molar-refractivity contribution in [2.75, 3.05) is 5.73 Å². The first kappa shape index (κ1) is 10.2. The lowest BCUT2D eigenvalue weighted by Gasteiger charge is -1.99. The highest BCUT2D eigenvalue weighted by molar-refractivity contribution is 7.14. The highest BCUT2D eigenvalue weighted by atomic mass is 35.5. The van der Waals surface area contributed by atoms with Crippen molar-refractivity contribution < 1.29 is 4.79 Å². The van der Waals surface area contributed by atoms with Crippen molar-refractivity contribution in [2.45, 2.75) is 0 Å². The standard InChI is InChI=1S/C11H8ClNOS/c12-8-3-1-7(2-4-8)10(14)9-5-6-15-11(9)13/h1-6H,13H2. The molecule has 0 spiro atoms. The molecule has 2 N–H and O–H groups in total. The molecule has 0 fully saturated rings. The molecule has 2 rings (SSSR count). The average Bonchev–Trinajstić information content (AvgIpc) is 2.65. The summed E-state index contributed by atoms with van der Waals surface area (Å²) in [5, 5.41) is 2.97. The molecule has 2 aromatic rings. The molecule has 2 nitrogen and oxygen atoms in total. The molecule has 76 valence electrons. The molecule has 0 unspecified atom stereocenters. The fourth-order valence-electron chi connectivity index (χ4n) is 1.27. The Morgan fingerprint density at radius 1 is 1.20 bits per heavy atom. The molecule has 4 heteroatoms. The maximum absolute atomic E-state index is 11.9. The smallest absolute Gasteiger partial charge is 0.195 e. The van der Waals surface area contributed by atoms with E-state index in [1.807, 2.05) is 0 Å². The minimum atomic E-state index is -0.0644. The van der Waals surface area contributed by atoms with Crippen LogP contribution in [0, 0.1) is 0 Å². The van der Waals surface area contributed by atoms with E-state index in [1.165, 1.54) is 11.3 Å². The van der Waals surface area contributed by atoms with Crippen molar-refractivity contribution in [3.8, 4) is 0 Å². The second-order valence-electron chi connectivity index (χ2n) is 3.03. The van der Waals surface area contributed by atoms with Crippen molar-refractivity contribution >= 4 is 33.7 Å². The first-order chi connectivity index (χ1) is 7.18. The largest absolute Gasteiger partial charge is 0.390 e. The van der Waals surface area contributed by atoms with E-state index in [0.29, 0.717) is 21.2 Å². The summed E-state index contributed by atoms with van der Waals surface area (Å²) in [7, 11) is 0. The van der Waals surface area contributed by atoms with Gasteiger partial charge in [0.1, 0.15) is 0 Å². The summed E-state index contributed by atoms with van der Waals surface area (Å²) < 4.78 is 0. The second-order valence-corrected chi connectivity index (χ2v) is 4.42. The number of benzene rings is 1. The number of anilines is 1. The highest BCUT2D eigenvalue weighted by Crippen LogP contribution is 2.22. The van der Waals surface area contributed by atoms with Gasteiger partial charge in [-0.3, -0.25) is 4.79 Å². The Morgan fingerprint density at radius 3 is 2.40 bits per heavy atom. The zero-order valence-corrected chi connectivity index (χ0v) is 9.31. The normalized spacial score (nSPS) is 10.2. The van der Waals surface area contributed by atoms with Crippen LogP contribution in [0.2, 0.25) is 5.02 Å². The van der Waals surface area contributed by atoms with Crippen LogP contribution in [-0.2, 0) is 0 Å². The van der Waals surface area contributed by atoms with Crippen molar-refractivity contribution in [3.05, 3.63) is 51.9 Å². The van der Waals surface area contributed by atoms with Crippen LogP contribution in [0.4, 0.5) is 5.00 Å². The van der Waals surface area contributed by atoms with Gasteiger partial charge < -0.3 is 5.73 Å². The average molecular weight is 238 g/mol. The fourth-order valence-corrected chi connectivity index (χ4v) is 2.03. The molecule has 0 saturated heterocycles. The minimum Gasteiger partial charge on any atom is -0.390 e. The summed E-state index contributed by atoms with van der Waals surface area (Å²) in [5.41, 5.74) is 6.84. The van der Waals surface area contributed by atoms with Gasteiger partial charge in [0.2, 0.25) is 0 Å². The highest BCUT2D eigenvalue weighted by Gasteiger charge is 2.12. The molecule has 0 radical (unpaired) electrons. The van der Waals surface area contributed by atoms with Crippen molar-refractivity contribution in [3.63, 3.8) is 0 Å². The van der Waals surface area contributed by atoms with Gasteiger partial charge in [0.05, 0.1) is 10.6 Å². The molecule has 1 aromatic carbocycles. The van der Waals surface area contributed by atoms with Crippen LogP contribution in [0.1, 0.15) is 15.9 Å². The molecule has 0 atom stereocenters. The predicted molar refractivity (Wildman–Crippen MR) is 63.6 cm³/mol. The zero-order chi connectivity index (χ0) is 10.8. The van der Waals surface area contributed by atoms with Gasteiger partial charge in [-0.05, 0) is 35.7 Å². The molecule has 15 heavy (non-hydrogen) atoms. The molecule has 0 aliphatic heterocycles. The Hall–Kier alpha value is -1.32. The number of carbonyl (C=O) groups is 1. The number of hydrogen-bond donors (Lipinski definition) is 1. The third-order valence-corrected chi connectivity index (χ3v) is 3.04. The van der Waals surface area contributed by atoms with E-state index < -0.39 is 0 Å². The lowest BCUT2D eigenvalue weighted by atomic mass is 10.1. The Labute approximate surface area is 96.3 Å². The Bertz CT molecular complexity index is 490. The van der Waals surface area contributed by atoms with Gasteiger partial charge in [-0.15, -0.1) is 11.3 Å². The van der Waals surface area contributed by atoms with Gasteiger partial charge in [-0.25, -0.2) is 0 Å². The molecule has 0 aliphatic carbocycles. The molecule has 0 saturated carbocycles. The van der Waals surface area contributed by atoms with E-state index in [0.717, 1.165) is 0 Å². The number of rotatable bonds is 2. The zero-order valence-electron chi connectivity index (χ0n) is 7.74. The van der Waals surface area contributed by atoms with E-state index >= 15 is 0 Å². The third kappa shape index (κ3) is 2.03. The second kappa shape index (κ2) is 4.04. The summed E-state index contributed by atoms with van der Waals surface area (Å²) in [6, 6.07) is 8.51. The van der Waals surface area contributed by atoms with Crippen LogP contribution in [0.5, 0.6) is 0 Å². The fraction of sp³-hybridized carbons (Fsp3) is 0. The summed E-state index contributed by atoms with van der Waals surface area (Å²) in [6.07, 6.45) is 0. The Balaban J connectivity index is 2.37. The van der Waals surface area contributed by atoms with Crippen molar-refractivity contribution in [1.29, 1.82) is 0 Å². The number of hydrogen-bond acceptors (Lipinski definition) is 3. The van der Waals surface area contributed by atoms with Gasteiger partial charge >= 0.3 is 0 Å². The minimum absolute atomic E-state index is 0.0644. The first-order valence-corrected chi connectivity index (χ1v) is 5.57. The SMILES string of the molecule is Nc1sccc1C(=O)c1ccc(Cl)cc1. The van der Waals surface area contributed by atoms with E-state index in [9.17, 15) is 4.79 Å². The van der Waals surface area contributed by atoms with Crippen LogP contribution in [0.15, 0.2) is 35.7 Å². The lowest BCUT2D eigenvalue weighted by molar-refractivity contribution is 0.104. The molecule has 0 aliphatic rings. The number of halogens is 1. The maximum Gasteiger partial charge on any atom is 0.195 e. The summed E-state index contributed by atoms with van der Waals surface area (Å²) in [6.45, 7) is 0. The van der Waals surface area contributed by atoms with Gasteiger partial charge in [-0.2, -0.15) is 0 Å². The molecule has 0 amide bonds. The van der Waals surface area contributed by atoms with Crippen molar-refractivity contribution in [2.24, 2.45) is 0 Å². The number of nitrogen functional groups attached to an aromatic ring is 1. The monoisotopic (exact) mass is 237 g/mol. The van der Waals surface area contributed by atoms with Gasteiger partial charge in [0, 0.05) is 10.6 Å². The van der Waals surface area contributed by atoms with Crippen LogP contribution in [0.25, 0.3) is 0 Å². The number of nitrogens with two attached hydrogens (primary N) is 1. The summed E-state index contributed by atoms with van der Waals surface area (Å²) in [5.74, 6) is -0.0644. The van der Waals surface area contributed by atoms with Gasteiger partial charge in [0.25, 0.3) is 0 Å². The van der Waals surface area contributed by atoms with Crippen LogP contribution in [-0.4, -0.2) is 5.78 Å². The molecule has 1 heterocycles. The predicted octanol–water partition coefficient (Wildman–Crippen LogP) is 3.21. The van der Waals surface area contributed by atoms with Crippen molar-refractivity contribution in [1.82, 2.24) is 0 Å². The van der Waals surface area contributed by atoms with Gasteiger partial charge in [-0.1, -0.05) is 11.6 Å². The Kier molecular flexibility index (Phi) is 2.75. The van der Waals surface area contributed by atoms with Crippen LogP contribution < -0.4 is 5.73 Å². The molecular formula is C11H8ClNOS. The van der Waals surface area contributed by atoms with E-state index in [4.69, 9.17) is 17.3 Å². The van der Waals surface area contributed by atoms with E-state index in [2.05, 4.69) is 0 Å². The van der Waals surface area contributed by atoms with E-state index in [-0.39, 0.29) is 5.78 Å². The first-order valence-electron chi connectivity index (χ1n) is 4.31. The Morgan fingerprint density at radius 2 is 1.87 bits per heavy atom. The maximum atomic E-state index is 11.9. The summed E-state index contributed by atoms with van der Waals surface area (Å²) in [4.78, 5) is 11.9. The quantitative estimate of drug-likeness (QED) is 0.815. The van der Waals surface area contributed by atoms with Crippen LogP contribution in [0.3, 0.4) is 0 Å². The lowest BCUT2D eigenvalue weighted by Crippen LogP contribution is -2.02. The van der Waals surface area contributed by atoms with Gasteiger partial charge in [0.15, 0.2) is 5.78 Å². The topological polar surface area (TPSA) is 43.1 Å². The number of thiophene rings is 1. The summed E-state index contributed by atoms with van der Waals surface area (Å²) >= 11 is 7.10. The number of carbonyl (C=O) groups excluding carboxylic acids is 1. The molecule has 1 aromatic heterocycles. The molecular weight excluding hydrogens is 230 g/mol. The van der Waals surface area contributed by atoms with E-state index in [1.54, 1.807) is 35.7 Å².